The summed E-state index contributed by atoms with van der Waals surface area (Å²) in [7, 11) is 0. The number of rotatable bonds is 6. The highest BCUT2D eigenvalue weighted by Crippen LogP contribution is 2.32. The van der Waals surface area contributed by atoms with Gasteiger partial charge in [-0.2, -0.15) is 0 Å². The summed E-state index contributed by atoms with van der Waals surface area (Å²) < 4.78 is 1.86. The Morgan fingerprint density at radius 2 is 2.04 bits per heavy atom. The van der Waals surface area contributed by atoms with E-state index in [0.29, 0.717) is 28.4 Å². The lowest BCUT2D eigenvalue weighted by molar-refractivity contribution is -0.126. The van der Waals surface area contributed by atoms with Gasteiger partial charge >= 0.3 is 0 Å². The summed E-state index contributed by atoms with van der Waals surface area (Å²) in [5.74, 6) is 0.406. The van der Waals surface area contributed by atoms with Gasteiger partial charge < -0.3 is 4.90 Å². The highest BCUT2D eigenvalue weighted by molar-refractivity contribution is 7.99. The monoisotopic (exact) mass is 397 g/mol. The Labute approximate surface area is 169 Å². The van der Waals surface area contributed by atoms with Crippen molar-refractivity contribution >= 4 is 28.6 Å². The molecule has 0 bridgehead atoms. The smallest absolute Gasteiger partial charge is 0.262 e. The van der Waals surface area contributed by atoms with Crippen molar-refractivity contribution in [2.75, 3.05) is 12.3 Å². The molecule has 1 aromatic carbocycles. The topological polar surface area (TPSA) is 55.2 Å². The van der Waals surface area contributed by atoms with Crippen molar-refractivity contribution in [1.82, 2.24) is 14.5 Å². The van der Waals surface area contributed by atoms with Crippen molar-refractivity contribution in [3.05, 3.63) is 46.4 Å². The molecule has 1 fully saturated rings. The van der Waals surface area contributed by atoms with Gasteiger partial charge in [0.2, 0.25) is 5.91 Å². The molecule has 1 saturated carbocycles. The van der Waals surface area contributed by atoms with Gasteiger partial charge in [0.25, 0.3) is 5.56 Å². The Bertz CT molecular complexity index is 960. The molecule has 0 spiro atoms. The molecule has 2 aromatic rings. The van der Waals surface area contributed by atoms with Crippen molar-refractivity contribution in [1.29, 1.82) is 0 Å². The lowest BCUT2D eigenvalue weighted by atomic mass is 10.2. The minimum Gasteiger partial charge on any atom is -0.316 e. The third kappa shape index (κ3) is 3.75. The average molecular weight is 398 g/mol. The summed E-state index contributed by atoms with van der Waals surface area (Å²) in [6.45, 7) is 2.70. The molecule has 0 radical (unpaired) electrons. The zero-order chi connectivity index (χ0) is 19.5. The maximum Gasteiger partial charge on any atom is 0.262 e. The predicted molar refractivity (Wildman–Crippen MR) is 114 cm³/mol. The van der Waals surface area contributed by atoms with Gasteiger partial charge in [-0.15, -0.1) is 0 Å². The van der Waals surface area contributed by atoms with E-state index < -0.39 is 0 Å². The molecule has 2 aliphatic carbocycles. The first kappa shape index (κ1) is 19.2. The van der Waals surface area contributed by atoms with Crippen LogP contribution in [0.2, 0.25) is 0 Å². The van der Waals surface area contributed by atoms with E-state index in [-0.39, 0.29) is 17.5 Å². The first-order valence-corrected chi connectivity index (χ1v) is 11.3. The Morgan fingerprint density at radius 1 is 1.25 bits per heavy atom. The van der Waals surface area contributed by atoms with E-state index in [0.717, 1.165) is 50.6 Å². The fraction of sp³-hybridized carbons (Fsp3) is 0.500. The second kappa shape index (κ2) is 8.52. The van der Waals surface area contributed by atoms with Crippen LogP contribution in [0.5, 0.6) is 0 Å². The van der Waals surface area contributed by atoms with E-state index in [1.54, 1.807) is 0 Å². The average Bonchev–Trinajstić information content (AvgIpc) is 3.41. The van der Waals surface area contributed by atoms with Gasteiger partial charge in [0.05, 0.1) is 16.7 Å². The molecular weight excluding hydrogens is 370 g/mol. The van der Waals surface area contributed by atoms with Crippen molar-refractivity contribution in [2.24, 2.45) is 0 Å². The number of amides is 1. The molecule has 2 aliphatic rings. The summed E-state index contributed by atoms with van der Waals surface area (Å²) in [5.41, 5.74) is 1.88. The van der Waals surface area contributed by atoms with Gasteiger partial charge in [0.1, 0.15) is 0 Å². The fourth-order valence-electron chi connectivity index (χ4n) is 4.35. The molecule has 0 unspecified atom stereocenters. The normalized spacial score (nSPS) is 17.2. The Morgan fingerprint density at radius 3 is 2.75 bits per heavy atom. The SMILES string of the molecule is CCN(C(=O)CSc1nc2ccccc2c(=O)n1C1CCCC1)C1=CCCC1. The van der Waals surface area contributed by atoms with Crippen molar-refractivity contribution in [2.45, 2.75) is 63.1 Å². The van der Waals surface area contributed by atoms with Gasteiger partial charge in [-0.1, -0.05) is 42.8 Å². The van der Waals surface area contributed by atoms with E-state index in [2.05, 4.69) is 6.08 Å². The summed E-state index contributed by atoms with van der Waals surface area (Å²) in [5, 5.41) is 1.34. The van der Waals surface area contributed by atoms with Crippen LogP contribution in [0.4, 0.5) is 0 Å². The molecular formula is C22H27N3O2S. The number of allylic oxidation sites excluding steroid dienone is 2. The van der Waals surface area contributed by atoms with E-state index >= 15 is 0 Å². The van der Waals surface area contributed by atoms with E-state index in [1.165, 1.54) is 11.8 Å². The molecule has 0 saturated heterocycles. The molecule has 1 heterocycles. The largest absolute Gasteiger partial charge is 0.316 e. The third-order valence-electron chi connectivity index (χ3n) is 5.77. The van der Waals surface area contributed by atoms with Crippen LogP contribution in [-0.4, -0.2) is 32.7 Å². The first-order chi connectivity index (χ1) is 13.7. The van der Waals surface area contributed by atoms with Crippen LogP contribution in [0.15, 0.2) is 46.0 Å². The van der Waals surface area contributed by atoms with Gasteiger partial charge in [0, 0.05) is 18.3 Å². The first-order valence-electron chi connectivity index (χ1n) is 10.3. The van der Waals surface area contributed by atoms with Crippen LogP contribution >= 0.6 is 11.8 Å². The molecule has 0 aliphatic heterocycles. The fourth-order valence-corrected chi connectivity index (χ4v) is 5.30. The summed E-state index contributed by atoms with van der Waals surface area (Å²) in [4.78, 5) is 32.7. The number of aromatic nitrogens is 2. The maximum atomic E-state index is 13.2. The standard InChI is InChI=1S/C22H27N3O2S/c1-2-24(16-9-3-4-10-16)20(26)15-28-22-23-19-14-8-7-13-18(19)21(27)25(22)17-11-5-6-12-17/h7-9,13-14,17H,2-6,10-12,15H2,1H3. The third-order valence-corrected chi connectivity index (χ3v) is 6.71. The Balaban J connectivity index is 1.63. The van der Waals surface area contributed by atoms with Crippen molar-refractivity contribution < 1.29 is 4.79 Å². The van der Waals surface area contributed by atoms with E-state index in [9.17, 15) is 9.59 Å². The zero-order valence-corrected chi connectivity index (χ0v) is 17.2. The van der Waals surface area contributed by atoms with Gasteiger partial charge in [0.15, 0.2) is 5.16 Å². The van der Waals surface area contributed by atoms with Gasteiger partial charge in [-0.25, -0.2) is 4.98 Å². The van der Waals surface area contributed by atoms with Crippen LogP contribution < -0.4 is 5.56 Å². The van der Waals surface area contributed by atoms with Gasteiger partial charge in [-0.3, -0.25) is 14.2 Å². The predicted octanol–water partition coefficient (Wildman–Crippen LogP) is 4.52. The minimum atomic E-state index is 0.0262. The maximum absolute atomic E-state index is 13.2. The summed E-state index contributed by atoms with van der Waals surface area (Å²) in [6.07, 6.45) is 9.64. The molecule has 5 nitrogen and oxygen atoms in total. The number of para-hydroxylation sites is 1. The molecule has 0 N–H and O–H groups in total. The Kier molecular flexibility index (Phi) is 5.85. The second-order valence-corrected chi connectivity index (χ2v) is 8.48. The number of thioether (sulfide) groups is 1. The number of fused-ring (bicyclic) bond motifs is 1. The number of carbonyl (C=O) groups excluding carboxylic acids is 1. The molecule has 6 heteroatoms. The minimum absolute atomic E-state index is 0.0262. The van der Waals surface area contributed by atoms with Crippen LogP contribution in [-0.2, 0) is 4.79 Å². The molecule has 1 aromatic heterocycles. The zero-order valence-electron chi connectivity index (χ0n) is 16.4. The molecule has 28 heavy (non-hydrogen) atoms. The quantitative estimate of drug-likeness (QED) is 0.531. The number of carbonyl (C=O) groups is 1. The number of hydrogen-bond acceptors (Lipinski definition) is 4. The lowest BCUT2D eigenvalue weighted by Gasteiger charge is -2.23. The van der Waals surface area contributed by atoms with Crippen molar-refractivity contribution in [3.63, 3.8) is 0 Å². The highest BCUT2D eigenvalue weighted by Gasteiger charge is 2.24. The van der Waals surface area contributed by atoms with Crippen LogP contribution in [0.3, 0.4) is 0 Å². The number of benzene rings is 1. The second-order valence-electron chi connectivity index (χ2n) is 7.54. The highest BCUT2D eigenvalue weighted by atomic mass is 32.2. The van der Waals surface area contributed by atoms with Gasteiger partial charge in [-0.05, 0) is 51.2 Å². The summed E-state index contributed by atoms with van der Waals surface area (Å²) >= 11 is 1.41. The van der Waals surface area contributed by atoms with E-state index in [4.69, 9.17) is 4.98 Å². The van der Waals surface area contributed by atoms with Crippen LogP contribution in [0, 0.1) is 0 Å². The summed E-state index contributed by atoms with van der Waals surface area (Å²) in [6, 6.07) is 7.71. The van der Waals surface area contributed by atoms with Crippen LogP contribution in [0.1, 0.15) is 57.9 Å². The van der Waals surface area contributed by atoms with E-state index in [1.807, 2.05) is 40.7 Å². The van der Waals surface area contributed by atoms with Crippen LogP contribution in [0.25, 0.3) is 10.9 Å². The lowest BCUT2D eigenvalue weighted by Crippen LogP contribution is -2.32. The van der Waals surface area contributed by atoms with Crippen molar-refractivity contribution in [3.8, 4) is 0 Å². The molecule has 0 atom stereocenters. The molecule has 1 amide bonds. The number of hydrogen-bond donors (Lipinski definition) is 0. The molecule has 4 rings (SSSR count). The number of nitrogens with zero attached hydrogens (tertiary/aromatic N) is 3. The Hall–Kier alpha value is -2.08. The molecule has 148 valence electrons.